The summed E-state index contributed by atoms with van der Waals surface area (Å²) in [7, 11) is 0. The Morgan fingerprint density at radius 1 is 1.38 bits per heavy atom. The Morgan fingerprint density at radius 3 is 2.38 bits per heavy atom. The van der Waals surface area contributed by atoms with Crippen LogP contribution in [0.5, 0.6) is 5.75 Å². The van der Waals surface area contributed by atoms with Gasteiger partial charge in [-0.05, 0) is 19.9 Å². The van der Waals surface area contributed by atoms with Gasteiger partial charge in [-0.2, -0.15) is 0 Å². The Hall–Kier alpha value is -1.09. The van der Waals surface area contributed by atoms with Crippen LogP contribution >= 0.6 is 0 Å². The van der Waals surface area contributed by atoms with E-state index in [1.54, 1.807) is 26.0 Å². The van der Waals surface area contributed by atoms with Crippen LogP contribution in [0.4, 0.5) is 4.39 Å². The summed E-state index contributed by atoms with van der Waals surface area (Å²) in [5, 5.41) is 9.35. The molecule has 1 rings (SSSR count). The monoisotopic (exact) mass is 183 g/mol. The minimum absolute atomic E-state index is 0.0477. The number of hydrogen-bond donors (Lipinski definition) is 2. The first-order valence-electron chi connectivity index (χ1n) is 4.14. The van der Waals surface area contributed by atoms with Crippen molar-refractivity contribution in [3.8, 4) is 5.75 Å². The molecule has 3 heteroatoms. The predicted octanol–water partition coefficient (Wildman–Crippen LogP) is 2.14. The Morgan fingerprint density at radius 2 is 1.92 bits per heavy atom. The number of aromatic hydroxyl groups is 1. The van der Waals surface area contributed by atoms with Crippen LogP contribution in [-0.4, -0.2) is 10.6 Å². The molecule has 0 aliphatic carbocycles. The van der Waals surface area contributed by atoms with Crippen molar-refractivity contribution in [2.24, 2.45) is 5.73 Å². The molecule has 0 fully saturated rings. The minimum Gasteiger partial charge on any atom is -0.508 e. The van der Waals surface area contributed by atoms with Crippen LogP contribution in [0, 0.1) is 0 Å². The predicted molar refractivity (Wildman–Crippen MR) is 50.2 cm³/mol. The van der Waals surface area contributed by atoms with E-state index in [1.165, 1.54) is 12.1 Å². The molecular weight excluding hydrogens is 169 g/mol. The number of para-hydroxylation sites is 1. The third-order valence-electron chi connectivity index (χ3n) is 1.86. The lowest BCUT2D eigenvalue weighted by Crippen LogP contribution is -2.37. The van der Waals surface area contributed by atoms with Crippen molar-refractivity contribution >= 4 is 0 Å². The Labute approximate surface area is 77.2 Å². The first-order valence-corrected chi connectivity index (χ1v) is 4.14. The fourth-order valence-electron chi connectivity index (χ4n) is 1.10. The minimum atomic E-state index is -1.35. The van der Waals surface area contributed by atoms with Gasteiger partial charge in [-0.15, -0.1) is 0 Å². The number of rotatable bonds is 2. The molecule has 0 spiro atoms. The maximum absolute atomic E-state index is 13.6. The van der Waals surface area contributed by atoms with Crippen molar-refractivity contribution in [3.63, 3.8) is 0 Å². The number of alkyl halides is 1. The second kappa shape index (κ2) is 3.34. The largest absolute Gasteiger partial charge is 0.508 e. The summed E-state index contributed by atoms with van der Waals surface area (Å²) in [6.07, 6.45) is -1.35. The Bertz CT molecular complexity index is 293. The number of benzene rings is 1. The molecule has 0 aromatic heterocycles. The fourth-order valence-corrected chi connectivity index (χ4v) is 1.10. The number of halogens is 1. The van der Waals surface area contributed by atoms with Gasteiger partial charge >= 0.3 is 0 Å². The summed E-state index contributed by atoms with van der Waals surface area (Å²) in [6.45, 7) is 3.17. The first kappa shape index (κ1) is 9.99. The standard InChI is InChI=1S/C10H14FNO/c1-10(2,12)9(11)7-5-3-4-6-8(7)13/h3-6,9,13H,12H2,1-2H3. The summed E-state index contributed by atoms with van der Waals surface area (Å²) < 4.78 is 13.6. The van der Waals surface area contributed by atoms with Gasteiger partial charge in [0.05, 0.1) is 0 Å². The zero-order valence-corrected chi connectivity index (χ0v) is 7.79. The Kier molecular flexibility index (Phi) is 2.57. The molecular formula is C10H14FNO. The van der Waals surface area contributed by atoms with E-state index in [1.807, 2.05) is 0 Å². The average molecular weight is 183 g/mol. The summed E-state index contributed by atoms with van der Waals surface area (Å²) in [5.41, 5.74) is 4.87. The van der Waals surface area contributed by atoms with Gasteiger partial charge in [0.25, 0.3) is 0 Å². The smallest absolute Gasteiger partial charge is 0.146 e. The van der Waals surface area contributed by atoms with E-state index in [9.17, 15) is 9.50 Å². The molecule has 1 atom stereocenters. The zero-order valence-electron chi connectivity index (χ0n) is 7.79. The Balaban J connectivity index is 3.02. The second-order valence-electron chi connectivity index (χ2n) is 3.74. The van der Waals surface area contributed by atoms with Crippen LogP contribution in [0.3, 0.4) is 0 Å². The highest BCUT2D eigenvalue weighted by atomic mass is 19.1. The van der Waals surface area contributed by atoms with Gasteiger partial charge < -0.3 is 10.8 Å². The van der Waals surface area contributed by atoms with Crippen LogP contribution in [0.2, 0.25) is 0 Å². The highest BCUT2D eigenvalue weighted by Gasteiger charge is 2.28. The number of hydrogen-bond acceptors (Lipinski definition) is 2. The lowest BCUT2D eigenvalue weighted by atomic mass is 9.93. The third-order valence-corrected chi connectivity index (χ3v) is 1.86. The lowest BCUT2D eigenvalue weighted by Gasteiger charge is -2.24. The average Bonchev–Trinajstić information content (AvgIpc) is 2.02. The number of phenolic OH excluding ortho intramolecular Hbond substituents is 1. The van der Waals surface area contributed by atoms with Crippen LogP contribution in [0.15, 0.2) is 24.3 Å². The van der Waals surface area contributed by atoms with Crippen molar-refractivity contribution in [1.82, 2.24) is 0 Å². The first-order chi connectivity index (χ1) is 5.93. The van der Waals surface area contributed by atoms with Gasteiger partial charge in [0.2, 0.25) is 0 Å². The topological polar surface area (TPSA) is 46.2 Å². The molecule has 0 amide bonds. The molecule has 2 nitrogen and oxygen atoms in total. The summed E-state index contributed by atoms with van der Waals surface area (Å²) in [6, 6.07) is 6.31. The molecule has 13 heavy (non-hydrogen) atoms. The quantitative estimate of drug-likeness (QED) is 0.737. The molecule has 1 aromatic carbocycles. The molecule has 1 aromatic rings. The van der Waals surface area contributed by atoms with Crippen molar-refractivity contribution in [2.75, 3.05) is 0 Å². The highest BCUT2D eigenvalue weighted by Crippen LogP contribution is 2.32. The van der Waals surface area contributed by atoms with Gasteiger partial charge in [-0.3, -0.25) is 0 Å². The number of nitrogens with two attached hydrogens (primary N) is 1. The molecule has 0 bridgehead atoms. The van der Waals surface area contributed by atoms with Gasteiger partial charge in [-0.25, -0.2) is 4.39 Å². The van der Waals surface area contributed by atoms with E-state index in [0.717, 1.165) is 0 Å². The van der Waals surface area contributed by atoms with Crippen molar-refractivity contribution in [1.29, 1.82) is 0 Å². The molecule has 0 radical (unpaired) electrons. The summed E-state index contributed by atoms with van der Waals surface area (Å²) >= 11 is 0. The maximum atomic E-state index is 13.6. The molecule has 72 valence electrons. The van der Waals surface area contributed by atoms with Gasteiger partial charge in [-0.1, -0.05) is 18.2 Å². The SMILES string of the molecule is CC(C)(N)C(F)c1ccccc1O. The van der Waals surface area contributed by atoms with Gasteiger partial charge in [0.1, 0.15) is 11.9 Å². The van der Waals surface area contributed by atoms with Crippen molar-refractivity contribution in [3.05, 3.63) is 29.8 Å². The van der Waals surface area contributed by atoms with Crippen molar-refractivity contribution in [2.45, 2.75) is 25.6 Å². The zero-order chi connectivity index (χ0) is 10.1. The van der Waals surface area contributed by atoms with E-state index in [-0.39, 0.29) is 11.3 Å². The van der Waals surface area contributed by atoms with Gasteiger partial charge in [0, 0.05) is 11.1 Å². The molecule has 0 aliphatic rings. The maximum Gasteiger partial charge on any atom is 0.146 e. The lowest BCUT2D eigenvalue weighted by molar-refractivity contribution is 0.218. The number of phenols is 1. The summed E-state index contributed by atoms with van der Waals surface area (Å²) in [4.78, 5) is 0. The molecule has 0 aliphatic heterocycles. The molecule has 0 saturated heterocycles. The van der Waals surface area contributed by atoms with E-state index in [2.05, 4.69) is 0 Å². The van der Waals surface area contributed by atoms with E-state index in [4.69, 9.17) is 5.73 Å². The van der Waals surface area contributed by atoms with Crippen molar-refractivity contribution < 1.29 is 9.50 Å². The van der Waals surface area contributed by atoms with Crippen LogP contribution in [-0.2, 0) is 0 Å². The fraction of sp³-hybridized carbons (Fsp3) is 0.400. The van der Waals surface area contributed by atoms with Gasteiger partial charge in [0.15, 0.2) is 0 Å². The van der Waals surface area contributed by atoms with E-state index in [0.29, 0.717) is 0 Å². The second-order valence-corrected chi connectivity index (χ2v) is 3.74. The molecule has 1 unspecified atom stereocenters. The van der Waals surface area contributed by atoms with E-state index < -0.39 is 11.7 Å². The molecule has 0 heterocycles. The summed E-state index contributed by atoms with van der Waals surface area (Å²) in [5.74, 6) is -0.0477. The highest BCUT2D eigenvalue weighted by molar-refractivity contribution is 5.35. The van der Waals surface area contributed by atoms with E-state index >= 15 is 0 Å². The molecule has 3 N–H and O–H groups in total. The van der Waals surface area contributed by atoms with Crippen LogP contribution in [0.1, 0.15) is 25.6 Å². The third kappa shape index (κ3) is 2.18. The molecule has 0 saturated carbocycles. The van der Waals surface area contributed by atoms with Crippen LogP contribution in [0.25, 0.3) is 0 Å². The normalized spacial score (nSPS) is 14.2. The van der Waals surface area contributed by atoms with Crippen LogP contribution < -0.4 is 5.73 Å².